The number of alkyl halides is 1. The molecule has 0 bridgehead atoms. The van der Waals surface area contributed by atoms with E-state index in [1.807, 2.05) is 0 Å². The van der Waals surface area contributed by atoms with Crippen LogP contribution in [0.15, 0.2) is 24.3 Å². The van der Waals surface area contributed by atoms with Crippen LogP contribution in [0.1, 0.15) is 48.5 Å². The molecule has 1 aromatic rings. The molecule has 0 spiro atoms. The summed E-state index contributed by atoms with van der Waals surface area (Å²) >= 11 is 5.56. The number of hydrogen-bond acceptors (Lipinski definition) is 3. The van der Waals surface area contributed by atoms with E-state index in [1.165, 1.54) is 0 Å². The van der Waals surface area contributed by atoms with E-state index in [2.05, 4.69) is 0 Å². The van der Waals surface area contributed by atoms with Crippen molar-refractivity contribution in [3.05, 3.63) is 35.4 Å². The van der Waals surface area contributed by atoms with E-state index < -0.39 is 11.6 Å². The molecule has 116 valence electrons. The standard InChI is InChI=1S/C16H21ClO4/c1-16(21,9-8-15(19)20)11-12-4-6-13(7-5-12)14(18)3-2-10-17/h4-7,21H,2-3,8-11H2,1H3,(H,19,20). The number of carboxylic acid groups (broad SMARTS) is 1. The van der Waals surface area contributed by atoms with Crippen molar-refractivity contribution in [3.8, 4) is 0 Å². The third kappa shape index (κ3) is 6.74. The van der Waals surface area contributed by atoms with Crippen LogP contribution in [0.4, 0.5) is 0 Å². The van der Waals surface area contributed by atoms with Gasteiger partial charge in [-0.15, -0.1) is 11.6 Å². The molecule has 1 atom stereocenters. The number of carbonyl (C=O) groups is 2. The molecule has 5 heteroatoms. The Kier molecular flexibility index (Phi) is 6.85. The molecular formula is C16H21ClO4. The second kappa shape index (κ2) is 8.15. The Morgan fingerprint density at radius 2 is 1.81 bits per heavy atom. The molecule has 4 nitrogen and oxygen atoms in total. The van der Waals surface area contributed by atoms with Gasteiger partial charge in [0.1, 0.15) is 0 Å². The van der Waals surface area contributed by atoms with Crippen molar-refractivity contribution in [1.82, 2.24) is 0 Å². The average molecular weight is 313 g/mol. The van der Waals surface area contributed by atoms with Gasteiger partial charge >= 0.3 is 5.97 Å². The van der Waals surface area contributed by atoms with Crippen LogP contribution in [-0.2, 0) is 11.2 Å². The van der Waals surface area contributed by atoms with E-state index in [1.54, 1.807) is 31.2 Å². The molecular weight excluding hydrogens is 292 g/mol. The van der Waals surface area contributed by atoms with Gasteiger partial charge in [0.05, 0.1) is 5.60 Å². The minimum Gasteiger partial charge on any atom is -0.481 e. The number of Topliss-reactive ketones (excluding diaryl/α,β-unsaturated/α-hetero) is 1. The third-order valence-corrected chi connectivity index (χ3v) is 3.54. The molecule has 1 rings (SSSR count). The Hall–Kier alpha value is -1.39. The van der Waals surface area contributed by atoms with Crippen molar-refractivity contribution < 1.29 is 19.8 Å². The van der Waals surface area contributed by atoms with Crippen LogP contribution in [0.2, 0.25) is 0 Å². The summed E-state index contributed by atoms with van der Waals surface area (Å²) in [7, 11) is 0. The number of aliphatic carboxylic acids is 1. The maximum absolute atomic E-state index is 11.8. The average Bonchev–Trinajstić information content (AvgIpc) is 2.43. The van der Waals surface area contributed by atoms with Gasteiger partial charge in [0.15, 0.2) is 5.78 Å². The van der Waals surface area contributed by atoms with Gasteiger partial charge in [0.2, 0.25) is 0 Å². The lowest BCUT2D eigenvalue weighted by Crippen LogP contribution is -2.28. The molecule has 0 aromatic heterocycles. The summed E-state index contributed by atoms with van der Waals surface area (Å²) < 4.78 is 0. The Bertz CT molecular complexity index is 480. The zero-order valence-electron chi connectivity index (χ0n) is 12.1. The Morgan fingerprint density at radius 3 is 2.33 bits per heavy atom. The molecule has 0 heterocycles. The minimum atomic E-state index is -1.07. The number of halogens is 1. The van der Waals surface area contributed by atoms with Gasteiger partial charge in [-0.2, -0.15) is 0 Å². The van der Waals surface area contributed by atoms with Crippen molar-refractivity contribution in [2.75, 3.05) is 5.88 Å². The number of rotatable bonds is 9. The number of aliphatic hydroxyl groups is 1. The molecule has 0 aliphatic rings. The van der Waals surface area contributed by atoms with Crippen LogP contribution < -0.4 is 0 Å². The number of carbonyl (C=O) groups excluding carboxylic acids is 1. The van der Waals surface area contributed by atoms with Crippen molar-refractivity contribution in [1.29, 1.82) is 0 Å². The van der Waals surface area contributed by atoms with Crippen molar-refractivity contribution in [2.45, 2.75) is 44.6 Å². The highest BCUT2D eigenvalue weighted by atomic mass is 35.5. The lowest BCUT2D eigenvalue weighted by Gasteiger charge is -2.22. The summed E-state index contributed by atoms with van der Waals surface area (Å²) in [6, 6.07) is 7.06. The molecule has 1 unspecified atom stereocenters. The van der Waals surface area contributed by atoms with Gasteiger partial charge in [0.25, 0.3) is 0 Å². The van der Waals surface area contributed by atoms with Gasteiger partial charge in [-0.3, -0.25) is 9.59 Å². The Morgan fingerprint density at radius 1 is 1.19 bits per heavy atom. The van der Waals surface area contributed by atoms with E-state index in [0.29, 0.717) is 30.7 Å². The Labute approximate surface area is 129 Å². The van der Waals surface area contributed by atoms with E-state index in [9.17, 15) is 14.7 Å². The van der Waals surface area contributed by atoms with Gasteiger partial charge in [0, 0.05) is 30.7 Å². The lowest BCUT2D eigenvalue weighted by molar-refractivity contribution is -0.138. The first kappa shape index (κ1) is 17.7. The molecule has 0 saturated heterocycles. The van der Waals surface area contributed by atoms with Gasteiger partial charge in [-0.05, 0) is 25.3 Å². The second-order valence-electron chi connectivity index (χ2n) is 5.48. The minimum absolute atomic E-state index is 0.0554. The summed E-state index contributed by atoms with van der Waals surface area (Å²) in [4.78, 5) is 22.4. The number of ketones is 1. The maximum Gasteiger partial charge on any atom is 0.303 e. The largest absolute Gasteiger partial charge is 0.481 e. The summed E-state index contributed by atoms with van der Waals surface area (Å²) in [5, 5.41) is 18.8. The SMILES string of the molecule is CC(O)(CCC(=O)O)Cc1ccc(C(=O)CCCCl)cc1. The van der Waals surface area contributed by atoms with E-state index in [0.717, 1.165) is 5.56 Å². The molecule has 21 heavy (non-hydrogen) atoms. The van der Waals surface area contributed by atoms with Crippen LogP contribution in [0.5, 0.6) is 0 Å². The van der Waals surface area contributed by atoms with Gasteiger partial charge in [-0.1, -0.05) is 24.3 Å². The molecule has 2 N–H and O–H groups in total. The number of hydrogen-bond donors (Lipinski definition) is 2. The summed E-state index contributed by atoms with van der Waals surface area (Å²) in [5.41, 5.74) is 0.441. The van der Waals surface area contributed by atoms with E-state index in [-0.39, 0.29) is 18.6 Å². The summed E-state index contributed by atoms with van der Waals surface area (Å²) in [6.45, 7) is 1.62. The summed E-state index contributed by atoms with van der Waals surface area (Å²) in [5.74, 6) is -0.397. The fourth-order valence-corrected chi connectivity index (χ4v) is 2.22. The molecule has 0 radical (unpaired) electrons. The molecule has 0 saturated carbocycles. The fourth-order valence-electron chi connectivity index (χ4n) is 2.08. The summed E-state index contributed by atoms with van der Waals surface area (Å²) in [6.07, 6.45) is 1.57. The lowest BCUT2D eigenvalue weighted by atomic mass is 9.91. The molecule has 0 aliphatic heterocycles. The first-order valence-electron chi connectivity index (χ1n) is 6.96. The van der Waals surface area contributed by atoms with Crippen molar-refractivity contribution in [3.63, 3.8) is 0 Å². The van der Waals surface area contributed by atoms with Gasteiger partial charge in [-0.25, -0.2) is 0 Å². The van der Waals surface area contributed by atoms with Crippen molar-refractivity contribution >= 4 is 23.4 Å². The topological polar surface area (TPSA) is 74.6 Å². The van der Waals surface area contributed by atoms with Crippen LogP contribution in [0.25, 0.3) is 0 Å². The van der Waals surface area contributed by atoms with Crippen LogP contribution >= 0.6 is 11.6 Å². The monoisotopic (exact) mass is 312 g/mol. The van der Waals surface area contributed by atoms with Crippen molar-refractivity contribution in [2.24, 2.45) is 0 Å². The fraction of sp³-hybridized carbons (Fsp3) is 0.500. The van der Waals surface area contributed by atoms with E-state index >= 15 is 0 Å². The predicted octanol–water partition coefficient (Wildman–Crippen LogP) is 3.05. The quantitative estimate of drug-likeness (QED) is 0.543. The zero-order chi connectivity index (χ0) is 15.9. The van der Waals surface area contributed by atoms with Crippen LogP contribution in [0, 0.1) is 0 Å². The second-order valence-corrected chi connectivity index (χ2v) is 5.86. The normalized spacial score (nSPS) is 13.7. The first-order valence-corrected chi connectivity index (χ1v) is 7.50. The predicted molar refractivity (Wildman–Crippen MR) is 81.9 cm³/mol. The van der Waals surface area contributed by atoms with E-state index in [4.69, 9.17) is 16.7 Å². The smallest absolute Gasteiger partial charge is 0.303 e. The Balaban J connectivity index is 2.61. The number of carboxylic acids is 1. The zero-order valence-corrected chi connectivity index (χ0v) is 12.9. The third-order valence-electron chi connectivity index (χ3n) is 3.28. The van der Waals surface area contributed by atoms with Gasteiger partial charge < -0.3 is 10.2 Å². The van der Waals surface area contributed by atoms with Crippen LogP contribution in [0.3, 0.4) is 0 Å². The highest BCUT2D eigenvalue weighted by Crippen LogP contribution is 2.19. The van der Waals surface area contributed by atoms with Crippen LogP contribution in [-0.4, -0.2) is 33.4 Å². The molecule has 1 aromatic carbocycles. The molecule has 0 aliphatic carbocycles. The number of benzene rings is 1. The highest BCUT2D eigenvalue weighted by molar-refractivity contribution is 6.18. The first-order chi connectivity index (χ1) is 9.84. The highest BCUT2D eigenvalue weighted by Gasteiger charge is 2.22. The molecule has 0 fully saturated rings. The molecule has 0 amide bonds. The maximum atomic E-state index is 11.8.